The molecule has 0 heterocycles. The van der Waals surface area contributed by atoms with Crippen LogP contribution in [0.25, 0.3) is 0 Å². The lowest BCUT2D eigenvalue weighted by Gasteiger charge is -2.33. The van der Waals surface area contributed by atoms with E-state index in [9.17, 15) is 9.90 Å². The number of hydrogen-bond acceptors (Lipinski definition) is 2. The van der Waals surface area contributed by atoms with Gasteiger partial charge in [0.15, 0.2) is 0 Å². The van der Waals surface area contributed by atoms with Crippen molar-refractivity contribution in [2.75, 3.05) is 0 Å². The minimum Gasteiger partial charge on any atom is -0.480 e. The fraction of sp³-hybridized carbons (Fsp3) is 0.933. The van der Waals surface area contributed by atoms with Gasteiger partial charge in [0.05, 0.1) is 0 Å². The summed E-state index contributed by atoms with van der Waals surface area (Å²) in [4.78, 5) is 11.2. The van der Waals surface area contributed by atoms with E-state index >= 15 is 0 Å². The zero-order chi connectivity index (χ0) is 13.7. The molecule has 1 saturated carbocycles. The second kappa shape index (κ2) is 7.13. The van der Waals surface area contributed by atoms with Crippen LogP contribution >= 0.6 is 0 Å². The van der Waals surface area contributed by atoms with Crippen LogP contribution in [0.1, 0.15) is 59.8 Å². The Morgan fingerprint density at radius 1 is 1.28 bits per heavy atom. The molecule has 0 saturated heterocycles. The molecule has 0 aliphatic heterocycles. The molecule has 106 valence electrons. The predicted molar refractivity (Wildman–Crippen MR) is 74.6 cm³/mol. The first-order valence-corrected chi connectivity index (χ1v) is 7.39. The molecule has 1 fully saturated rings. The first-order chi connectivity index (χ1) is 8.40. The smallest absolute Gasteiger partial charge is 0.320 e. The minimum atomic E-state index is -0.712. The highest BCUT2D eigenvalue weighted by Gasteiger charge is 2.28. The Labute approximate surface area is 111 Å². The van der Waals surface area contributed by atoms with Gasteiger partial charge in [-0.2, -0.15) is 0 Å². The average Bonchev–Trinajstić information content (AvgIpc) is 2.24. The van der Waals surface area contributed by atoms with Gasteiger partial charge in [0.1, 0.15) is 6.04 Å². The maximum absolute atomic E-state index is 11.2. The number of carboxylic acids is 1. The van der Waals surface area contributed by atoms with Crippen molar-refractivity contribution in [2.45, 2.75) is 71.9 Å². The molecule has 3 heteroatoms. The first kappa shape index (κ1) is 15.5. The quantitative estimate of drug-likeness (QED) is 0.765. The monoisotopic (exact) mass is 255 g/mol. The highest BCUT2D eigenvalue weighted by molar-refractivity contribution is 5.73. The van der Waals surface area contributed by atoms with Crippen molar-refractivity contribution < 1.29 is 9.90 Å². The maximum Gasteiger partial charge on any atom is 0.320 e. The van der Waals surface area contributed by atoms with Gasteiger partial charge in [-0.3, -0.25) is 4.79 Å². The summed E-state index contributed by atoms with van der Waals surface area (Å²) < 4.78 is 0. The van der Waals surface area contributed by atoms with Gasteiger partial charge in [-0.1, -0.05) is 40.5 Å². The van der Waals surface area contributed by atoms with Gasteiger partial charge in [0.25, 0.3) is 0 Å². The van der Waals surface area contributed by atoms with Crippen LogP contribution in [0.2, 0.25) is 0 Å². The Kier molecular flexibility index (Phi) is 6.13. The van der Waals surface area contributed by atoms with Crippen molar-refractivity contribution in [3.8, 4) is 0 Å². The lowest BCUT2D eigenvalue weighted by atomic mass is 9.80. The van der Waals surface area contributed by atoms with E-state index in [-0.39, 0.29) is 5.92 Å². The topological polar surface area (TPSA) is 49.3 Å². The third-order valence-corrected chi connectivity index (χ3v) is 3.94. The van der Waals surface area contributed by atoms with Gasteiger partial charge in [0.2, 0.25) is 0 Å². The normalized spacial score (nSPS) is 26.6. The molecule has 3 nitrogen and oxygen atoms in total. The van der Waals surface area contributed by atoms with Gasteiger partial charge in [0, 0.05) is 6.04 Å². The molecule has 3 atom stereocenters. The number of carboxylic acid groups (broad SMARTS) is 1. The summed E-state index contributed by atoms with van der Waals surface area (Å²) in [6.07, 6.45) is 6.10. The minimum absolute atomic E-state index is 0.146. The number of rotatable bonds is 6. The van der Waals surface area contributed by atoms with E-state index in [0.29, 0.717) is 6.04 Å². The summed E-state index contributed by atoms with van der Waals surface area (Å²) in [5.41, 5.74) is 0. The average molecular weight is 255 g/mol. The largest absolute Gasteiger partial charge is 0.480 e. The third kappa shape index (κ3) is 4.97. The van der Waals surface area contributed by atoms with Crippen LogP contribution in [-0.4, -0.2) is 23.2 Å². The van der Waals surface area contributed by atoms with Crippen LogP contribution < -0.4 is 5.32 Å². The van der Waals surface area contributed by atoms with Crippen LogP contribution in [0.5, 0.6) is 0 Å². The van der Waals surface area contributed by atoms with Gasteiger partial charge < -0.3 is 10.4 Å². The molecule has 0 bridgehead atoms. The lowest BCUT2D eigenvalue weighted by Crippen LogP contribution is -2.48. The Bertz CT molecular complexity index is 263. The van der Waals surface area contributed by atoms with E-state index < -0.39 is 12.0 Å². The zero-order valence-corrected chi connectivity index (χ0v) is 12.3. The van der Waals surface area contributed by atoms with Crippen LogP contribution in [0.4, 0.5) is 0 Å². The van der Waals surface area contributed by atoms with Crippen LogP contribution in [0.15, 0.2) is 0 Å². The van der Waals surface area contributed by atoms with Gasteiger partial charge in [-0.05, 0) is 37.0 Å². The highest BCUT2D eigenvalue weighted by Crippen LogP contribution is 2.29. The molecule has 3 unspecified atom stereocenters. The highest BCUT2D eigenvalue weighted by atomic mass is 16.4. The molecule has 0 aromatic heterocycles. The van der Waals surface area contributed by atoms with Crippen molar-refractivity contribution >= 4 is 5.97 Å². The molecule has 0 radical (unpaired) electrons. The number of hydrogen-bond donors (Lipinski definition) is 2. The SMILES string of the molecule is CC(C)CC1CCCC(NC(C(=O)O)C(C)C)C1. The van der Waals surface area contributed by atoms with E-state index in [4.69, 9.17) is 0 Å². The molecule has 0 amide bonds. The predicted octanol–water partition coefficient (Wildman–Crippen LogP) is 3.29. The summed E-state index contributed by atoms with van der Waals surface area (Å²) in [5, 5.41) is 12.6. The van der Waals surface area contributed by atoms with E-state index in [1.807, 2.05) is 13.8 Å². The van der Waals surface area contributed by atoms with Gasteiger partial charge in [-0.15, -0.1) is 0 Å². The molecule has 2 N–H and O–H groups in total. The van der Waals surface area contributed by atoms with E-state index in [2.05, 4.69) is 19.2 Å². The Morgan fingerprint density at radius 2 is 1.94 bits per heavy atom. The van der Waals surface area contributed by atoms with E-state index in [1.165, 1.54) is 19.3 Å². The van der Waals surface area contributed by atoms with Gasteiger partial charge in [-0.25, -0.2) is 0 Å². The number of nitrogens with one attached hydrogen (secondary N) is 1. The Hall–Kier alpha value is -0.570. The summed E-state index contributed by atoms with van der Waals surface area (Å²) in [5.74, 6) is 0.955. The first-order valence-electron chi connectivity index (χ1n) is 7.39. The molecule has 1 aliphatic rings. The summed E-state index contributed by atoms with van der Waals surface area (Å²) in [7, 11) is 0. The second-order valence-corrected chi connectivity index (χ2v) is 6.59. The summed E-state index contributed by atoms with van der Waals surface area (Å²) >= 11 is 0. The molecule has 1 rings (SSSR count). The van der Waals surface area contributed by atoms with Crippen molar-refractivity contribution in [3.05, 3.63) is 0 Å². The third-order valence-electron chi connectivity index (χ3n) is 3.94. The molecular weight excluding hydrogens is 226 g/mol. The zero-order valence-electron chi connectivity index (χ0n) is 12.3. The molecular formula is C15H29NO2. The van der Waals surface area contributed by atoms with E-state index in [0.717, 1.165) is 24.7 Å². The maximum atomic E-state index is 11.2. The van der Waals surface area contributed by atoms with E-state index in [1.54, 1.807) is 0 Å². The molecule has 0 aromatic carbocycles. The molecule has 0 spiro atoms. The standard InChI is InChI=1S/C15H29NO2/c1-10(2)8-12-6-5-7-13(9-12)16-14(11(3)4)15(17)18/h10-14,16H,5-9H2,1-4H3,(H,17,18). The number of carbonyl (C=O) groups is 1. The Balaban J connectivity index is 2.48. The second-order valence-electron chi connectivity index (χ2n) is 6.59. The summed E-state index contributed by atoms with van der Waals surface area (Å²) in [6, 6.07) is -0.00111. The van der Waals surface area contributed by atoms with Gasteiger partial charge >= 0.3 is 5.97 Å². The molecule has 1 aliphatic carbocycles. The Morgan fingerprint density at radius 3 is 2.44 bits per heavy atom. The van der Waals surface area contributed by atoms with Crippen LogP contribution in [0, 0.1) is 17.8 Å². The molecule has 18 heavy (non-hydrogen) atoms. The van der Waals surface area contributed by atoms with Crippen molar-refractivity contribution in [2.24, 2.45) is 17.8 Å². The fourth-order valence-corrected chi connectivity index (χ4v) is 3.13. The van der Waals surface area contributed by atoms with Crippen LogP contribution in [-0.2, 0) is 4.79 Å². The van der Waals surface area contributed by atoms with Crippen molar-refractivity contribution in [3.63, 3.8) is 0 Å². The van der Waals surface area contributed by atoms with Crippen LogP contribution in [0.3, 0.4) is 0 Å². The van der Waals surface area contributed by atoms with Crippen molar-refractivity contribution in [1.82, 2.24) is 5.32 Å². The fourth-order valence-electron chi connectivity index (χ4n) is 3.13. The van der Waals surface area contributed by atoms with Crippen molar-refractivity contribution in [1.29, 1.82) is 0 Å². The lowest BCUT2D eigenvalue weighted by molar-refractivity contribution is -0.141. The number of aliphatic carboxylic acids is 1. The summed E-state index contributed by atoms with van der Waals surface area (Å²) in [6.45, 7) is 8.48. The molecule has 0 aromatic rings.